The molecule has 0 fully saturated rings. The molecule has 0 saturated carbocycles. The van der Waals surface area contributed by atoms with Gasteiger partial charge < -0.3 is 32.5 Å². The van der Waals surface area contributed by atoms with Gasteiger partial charge in [0, 0.05) is 0 Å². The molecule has 0 saturated heterocycles. The normalized spacial score (nSPS) is 13.0. The Bertz CT molecular complexity index is 469. The monoisotopic (exact) mass is 359 g/mol. The smallest absolute Gasteiger partial charge is 0.326 e. The average molecular weight is 359 g/mol. The zero-order valence-corrected chi connectivity index (χ0v) is 14.7. The highest BCUT2D eigenvalue weighted by Crippen LogP contribution is 2.05. The van der Waals surface area contributed by atoms with Crippen molar-refractivity contribution in [1.29, 1.82) is 0 Å². The van der Waals surface area contributed by atoms with E-state index in [1.54, 1.807) is 13.8 Å². The Labute approximate surface area is 147 Å². The maximum Gasteiger partial charge on any atom is 0.326 e. The number of aliphatic carboxylic acids is 1. The SMILES string of the molecule is CC(C)C(NC(=O)CNC(=O)CN)C(=O)NC(CCCCN)C(=O)O. The summed E-state index contributed by atoms with van der Waals surface area (Å²) in [5.41, 5.74) is 10.5. The average Bonchev–Trinajstić information content (AvgIpc) is 2.55. The lowest BCUT2D eigenvalue weighted by molar-refractivity contribution is -0.142. The van der Waals surface area contributed by atoms with Gasteiger partial charge >= 0.3 is 5.97 Å². The molecule has 10 heteroatoms. The molecule has 0 spiro atoms. The lowest BCUT2D eigenvalue weighted by Crippen LogP contribution is -2.55. The van der Waals surface area contributed by atoms with Gasteiger partial charge in [0.15, 0.2) is 0 Å². The largest absolute Gasteiger partial charge is 0.480 e. The number of nitrogens with one attached hydrogen (secondary N) is 3. The van der Waals surface area contributed by atoms with Crippen molar-refractivity contribution in [3.05, 3.63) is 0 Å². The second-order valence-electron chi connectivity index (χ2n) is 5.95. The molecule has 8 N–H and O–H groups in total. The number of carbonyl (C=O) groups excluding carboxylic acids is 3. The lowest BCUT2D eigenvalue weighted by Gasteiger charge is -2.24. The van der Waals surface area contributed by atoms with Crippen LogP contribution in [0.5, 0.6) is 0 Å². The molecule has 144 valence electrons. The topological polar surface area (TPSA) is 177 Å². The number of nitrogens with two attached hydrogens (primary N) is 2. The highest BCUT2D eigenvalue weighted by atomic mass is 16.4. The number of carbonyl (C=O) groups is 4. The van der Waals surface area contributed by atoms with Gasteiger partial charge in [0.1, 0.15) is 12.1 Å². The van der Waals surface area contributed by atoms with Gasteiger partial charge in [-0.2, -0.15) is 0 Å². The fourth-order valence-corrected chi connectivity index (χ4v) is 2.02. The molecule has 25 heavy (non-hydrogen) atoms. The molecule has 0 aromatic heterocycles. The second-order valence-corrected chi connectivity index (χ2v) is 5.95. The van der Waals surface area contributed by atoms with Gasteiger partial charge in [-0.05, 0) is 31.7 Å². The predicted molar refractivity (Wildman–Crippen MR) is 91.3 cm³/mol. The number of hydrogen-bond acceptors (Lipinski definition) is 6. The highest BCUT2D eigenvalue weighted by molar-refractivity contribution is 5.92. The molecule has 0 heterocycles. The van der Waals surface area contributed by atoms with Crippen LogP contribution in [0.1, 0.15) is 33.1 Å². The molecule has 0 bridgehead atoms. The Kier molecular flexibility index (Phi) is 11.1. The fraction of sp³-hybridized carbons (Fsp3) is 0.733. The lowest BCUT2D eigenvalue weighted by atomic mass is 10.0. The van der Waals surface area contributed by atoms with Crippen molar-refractivity contribution in [1.82, 2.24) is 16.0 Å². The summed E-state index contributed by atoms with van der Waals surface area (Å²) in [5.74, 6) is -3.06. The first-order valence-corrected chi connectivity index (χ1v) is 8.22. The van der Waals surface area contributed by atoms with Gasteiger partial charge in [0.25, 0.3) is 0 Å². The minimum atomic E-state index is -1.14. The van der Waals surface area contributed by atoms with Crippen molar-refractivity contribution in [2.45, 2.75) is 45.2 Å². The quantitative estimate of drug-likeness (QED) is 0.216. The van der Waals surface area contributed by atoms with Crippen LogP contribution in [-0.2, 0) is 19.2 Å². The number of hydrogen-bond donors (Lipinski definition) is 6. The first-order valence-electron chi connectivity index (χ1n) is 8.22. The third-order valence-electron chi connectivity index (χ3n) is 3.46. The first kappa shape index (κ1) is 22.8. The van der Waals surface area contributed by atoms with Gasteiger partial charge in [0.2, 0.25) is 17.7 Å². The van der Waals surface area contributed by atoms with Gasteiger partial charge in [-0.15, -0.1) is 0 Å². The summed E-state index contributed by atoms with van der Waals surface area (Å²) in [5, 5.41) is 16.4. The van der Waals surface area contributed by atoms with Crippen molar-refractivity contribution in [2.75, 3.05) is 19.6 Å². The molecular weight excluding hydrogens is 330 g/mol. The Morgan fingerprint density at radius 2 is 1.64 bits per heavy atom. The Morgan fingerprint density at radius 3 is 2.12 bits per heavy atom. The Hall–Kier alpha value is -2.20. The zero-order valence-electron chi connectivity index (χ0n) is 14.7. The van der Waals surface area contributed by atoms with Gasteiger partial charge in [-0.1, -0.05) is 13.8 Å². The number of amides is 3. The predicted octanol–water partition coefficient (Wildman–Crippen LogP) is -2.10. The third kappa shape index (κ3) is 9.62. The van der Waals surface area contributed by atoms with E-state index < -0.39 is 35.8 Å². The number of unbranched alkanes of at least 4 members (excludes halogenated alkanes) is 1. The summed E-state index contributed by atoms with van der Waals surface area (Å²) in [6, 6.07) is -1.97. The maximum atomic E-state index is 12.3. The fourth-order valence-electron chi connectivity index (χ4n) is 2.02. The van der Waals surface area contributed by atoms with Crippen LogP contribution in [0.25, 0.3) is 0 Å². The summed E-state index contributed by atoms with van der Waals surface area (Å²) in [4.78, 5) is 46.5. The first-order chi connectivity index (χ1) is 11.7. The molecule has 0 rings (SSSR count). The van der Waals surface area contributed by atoms with Crippen LogP contribution in [0.2, 0.25) is 0 Å². The minimum absolute atomic E-state index is 0.246. The number of carboxylic acids is 1. The van der Waals surface area contributed by atoms with Gasteiger partial charge in [-0.3, -0.25) is 14.4 Å². The van der Waals surface area contributed by atoms with Gasteiger partial charge in [0.05, 0.1) is 13.1 Å². The van der Waals surface area contributed by atoms with Crippen molar-refractivity contribution in [2.24, 2.45) is 17.4 Å². The molecule has 0 aliphatic heterocycles. The van der Waals surface area contributed by atoms with E-state index in [4.69, 9.17) is 11.5 Å². The maximum absolute atomic E-state index is 12.3. The summed E-state index contributed by atoms with van der Waals surface area (Å²) < 4.78 is 0. The van der Waals surface area contributed by atoms with E-state index in [-0.39, 0.29) is 25.4 Å². The summed E-state index contributed by atoms with van der Waals surface area (Å²) >= 11 is 0. The van der Waals surface area contributed by atoms with E-state index in [0.717, 1.165) is 0 Å². The van der Waals surface area contributed by atoms with Crippen LogP contribution in [0.15, 0.2) is 0 Å². The Balaban J connectivity index is 4.72. The molecule has 0 radical (unpaired) electrons. The van der Waals surface area contributed by atoms with Crippen molar-refractivity contribution >= 4 is 23.7 Å². The molecular formula is C15H29N5O5. The highest BCUT2D eigenvalue weighted by Gasteiger charge is 2.28. The van der Waals surface area contributed by atoms with Crippen LogP contribution < -0.4 is 27.4 Å². The van der Waals surface area contributed by atoms with Crippen LogP contribution in [0, 0.1) is 5.92 Å². The Morgan fingerprint density at radius 1 is 1.00 bits per heavy atom. The van der Waals surface area contributed by atoms with Crippen LogP contribution in [0.4, 0.5) is 0 Å². The summed E-state index contributed by atoms with van der Waals surface area (Å²) in [6.07, 6.45) is 1.48. The van der Waals surface area contributed by atoms with Crippen LogP contribution >= 0.6 is 0 Å². The van der Waals surface area contributed by atoms with E-state index in [1.165, 1.54) is 0 Å². The molecule has 0 aliphatic carbocycles. The zero-order chi connectivity index (χ0) is 19.4. The van der Waals surface area contributed by atoms with Crippen molar-refractivity contribution in [3.63, 3.8) is 0 Å². The van der Waals surface area contributed by atoms with E-state index >= 15 is 0 Å². The molecule has 2 atom stereocenters. The molecule has 10 nitrogen and oxygen atoms in total. The third-order valence-corrected chi connectivity index (χ3v) is 3.46. The molecule has 0 aromatic carbocycles. The summed E-state index contributed by atoms with van der Waals surface area (Å²) in [7, 11) is 0. The van der Waals surface area contributed by atoms with E-state index in [1.807, 2.05) is 0 Å². The number of rotatable bonds is 12. The van der Waals surface area contributed by atoms with E-state index in [2.05, 4.69) is 16.0 Å². The molecule has 3 amide bonds. The van der Waals surface area contributed by atoms with Crippen LogP contribution in [-0.4, -0.2) is 60.5 Å². The summed E-state index contributed by atoms with van der Waals surface area (Å²) in [6.45, 7) is 3.32. The number of carboxylic acid groups (broad SMARTS) is 1. The van der Waals surface area contributed by atoms with Crippen LogP contribution in [0.3, 0.4) is 0 Å². The standard InChI is InChI=1S/C15H29N5O5/c1-9(2)13(20-12(22)8-18-11(21)7-17)14(23)19-10(15(24)25)5-3-4-6-16/h9-10,13H,3-8,16-17H2,1-2H3,(H,18,21)(H,19,23)(H,20,22)(H,24,25). The van der Waals surface area contributed by atoms with Gasteiger partial charge in [-0.25, -0.2) is 4.79 Å². The van der Waals surface area contributed by atoms with Crippen molar-refractivity contribution in [3.8, 4) is 0 Å². The molecule has 0 aliphatic rings. The minimum Gasteiger partial charge on any atom is -0.480 e. The molecule has 0 aromatic rings. The van der Waals surface area contributed by atoms with E-state index in [9.17, 15) is 24.3 Å². The van der Waals surface area contributed by atoms with Crippen molar-refractivity contribution < 1.29 is 24.3 Å². The second kappa shape index (κ2) is 12.2. The van der Waals surface area contributed by atoms with E-state index in [0.29, 0.717) is 19.4 Å². The molecule has 2 unspecified atom stereocenters.